The normalized spacial score (nSPS) is 11.0. The summed E-state index contributed by atoms with van der Waals surface area (Å²) in [6.07, 6.45) is 0. The van der Waals surface area contributed by atoms with Gasteiger partial charge in [-0.2, -0.15) is 0 Å². The van der Waals surface area contributed by atoms with Gasteiger partial charge in [-0.15, -0.1) is 0 Å². The first-order chi connectivity index (χ1) is 7.13. The van der Waals surface area contributed by atoms with Crippen molar-refractivity contribution < 1.29 is 14.4 Å². The molecule has 1 aromatic carbocycles. The summed E-state index contributed by atoms with van der Waals surface area (Å²) in [6.45, 7) is 1.25. The van der Waals surface area contributed by atoms with Crippen molar-refractivity contribution in [3.63, 3.8) is 0 Å². The lowest BCUT2D eigenvalue weighted by Crippen LogP contribution is -1.97. The Morgan fingerprint density at radius 2 is 1.93 bits per heavy atom. The van der Waals surface area contributed by atoms with Gasteiger partial charge in [0.05, 0.1) is 7.11 Å². The van der Waals surface area contributed by atoms with Crippen LogP contribution in [0.15, 0.2) is 29.4 Å². The van der Waals surface area contributed by atoms with Crippen LogP contribution in [0, 0.1) is 0 Å². The fourth-order valence-corrected chi connectivity index (χ4v) is 1.05. The van der Waals surface area contributed by atoms with E-state index in [-0.39, 0.29) is 5.17 Å². The van der Waals surface area contributed by atoms with Gasteiger partial charge >= 0.3 is 5.97 Å². The van der Waals surface area contributed by atoms with Gasteiger partial charge in [-0.05, 0) is 24.3 Å². The van der Waals surface area contributed by atoms with Gasteiger partial charge < -0.3 is 9.57 Å². The fourth-order valence-electron chi connectivity index (χ4n) is 0.886. The van der Waals surface area contributed by atoms with Gasteiger partial charge in [-0.1, -0.05) is 16.8 Å². The Kier molecular flexibility index (Phi) is 4.12. The SMILES string of the molecule is COc1ccc(/C(Cl)=N\OC(C)=O)cc1. The molecule has 80 valence electrons. The molecular formula is C10H10ClNO3. The van der Waals surface area contributed by atoms with E-state index in [0.29, 0.717) is 5.56 Å². The number of ether oxygens (including phenoxy) is 1. The zero-order valence-corrected chi connectivity index (χ0v) is 9.12. The lowest BCUT2D eigenvalue weighted by atomic mass is 10.2. The molecule has 0 heterocycles. The Bertz CT molecular complexity index is 373. The Labute approximate surface area is 92.4 Å². The number of benzene rings is 1. The number of carbonyl (C=O) groups is 1. The van der Waals surface area contributed by atoms with Gasteiger partial charge in [0, 0.05) is 12.5 Å². The van der Waals surface area contributed by atoms with E-state index in [9.17, 15) is 4.79 Å². The number of halogens is 1. The highest BCUT2D eigenvalue weighted by Gasteiger charge is 2.01. The summed E-state index contributed by atoms with van der Waals surface area (Å²) < 4.78 is 4.98. The molecule has 15 heavy (non-hydrogen) atoms. The molecule has 0 N–H and O–H groups in total. The standard InChI is InChI=1S/C10H10ClNO3/c1-7(13)15-12-10(11)8-3-5-9(14-2)6-4-8/h3-6H,1-2H3/b12-10+. The molecule has 4 nitrogen and oxygen atoms in total. The highest BCUT2D eigenvalue weighted by atomic mass is 35.5. The molecular weight excluding hydrogens is 218 g/mol. The third-order valence-corrected chi connectivity index (χ3v) is 1.87. The molecule has 0 aromatic heterocycles. The molecule has 0 bridgehead atoms. The summed E-state index contributed by atoms with van der Waals surface area (Å²) in [4.78, 5) is 14.9. The highest BCUT2D eigenvalue weighted by molar-refractivity contribution is 6.69. The first kappa shape index (κ1) is 11.5. The second-order valence-corrected chi connectivity index (χ2v) is 3.05. The van der Waals surface area contributed by atoms with E-state index >= 15 is 0 Å². The van der Waals surface area contributed by atoms with E-state index in [4.69, 9.17) is 16.3 Å². The summed E-state index contributed by atoms with van der Waals surface area (Å²) in [6, 6.07) is 6.91. The monoisotopic (exact) mass is 227 g/mol. The first-order valence-electron chi connectivity index (χ1n) is 4.19. The zero-order valence-electron chi connectivity index (χ0n) is 8.36. The summed E-state index contributed by atoms with van der Waals surface area (Å²) in [5.41, 5.74) is 0.652. The van der Waals surface area contributed by atoms with E-state index in [2.05, 4.69) is 9.99 Å². The number of methoxy groups -OCH3 is 1. The number of hydrogen-bond donors (Lipinski definition) is 0. The molecule has 1 rings (SSSR count). The van der Waals surface area contributed by atoms with E-state index in [1.807, 2.05) is 0 Å². The quantitative estimate of drug-likeness (QED) is 0.452. The van der Waals surface area contributed by atoms with Gasteiger partial charge in [0.2, 0.25) is 0 Å². The van der Waals surface area contributed by atoms with Crippen LogP contribution in [0.3, 0.4) is 0 Å². The summed E-state index contributed by atoms with van der Waals surface area (Å²) in [7, 11) is 1.57. The fraction of sp³-hybridized carbons (Fsp3) is 0.200. The van der Waals surface area contributed by atoms with Gasteiger partial charge in [-0.25, -0.2) is 4.79 Å². The smallest absolute Gasteiger partial charge is 0.332 e. The van der Waals surface area contributed by atoms with Crippen molar-refractivity contribution in [1.29, 1.82) is 0 Å². The lowest BCUT2D eigenvalue weighted by Gasteiger charge is -2.00. The Morgan fingerprint density at radius 3 is 2.40 bits per heavy atom. The zero-order chi connectivity index (χ0) is 11.3. The van der Waals surface area contributed by atoms with E-state index in [1.165, 1.54) is 6.92 Å². The van der Waals surface area contributed by atoms with Crippen LogP contribution in [-0.2, 0) is 9.63 Å². The van der Waals surface area contributed by atoms with Crippen LogP contribution in [0.4, 0.5) is 0 Å². The van der Waals surface area contributed by atoms with Crippen LogP contribution in [-0.4, -0.2) is 18.2 Å². The van der Waals surface area contributed by atoms with Crippen LogP contribution < -0.4 is 4.74 Å². The second kappa shape index (κ2) is 5.36. The van der Waals surface area contributed by atoms with Crippen molar-refractivity contribution in [2.45, 2.75) is 6.92 Å². The highest BCUT2D eigenvalue weighted by Crippen LogP contribution is 2.13. The van der Waals surface area contributed by atoms with Gasteiger partial charge in [0.25, 0.3) is 0 Å². The van der Waals surface area contributed by atoms with Crippen LogP contribution in [0.1, 0.15) is 12.5 Å². The predicted molar refractivity (Wildman–Crippen MR) is 57.2 cm³/mol. The molecule has 0 atom stereocenters. The van der Waals surface area contributed by atoms with Gasteiger partial charge in [-0.3, -0.25) is 0 Å². The topological polar surface area (TPSA) is 47.9 Å². The number of nitrogens with zero attached hydrogens (tertiary/aromatic N) is 1. The molecule has 1 aromatic rings. The van der Waals surface area contributed by atoms with Crippen molar-refractivity contribution in [1.82, 2.24) is 0 Å². The van der Waals surface area contributed by atoms with Crippen molar-refractivity contribution in [3.05, 3.63) is 29.8 Å². The third kappa shape index (κ3) is 3.59. The molecule has 0 aliphatic rings. The minimum absolute atomic E-state index is 0.118. The molecule has 0 unspecified atom stereocenters. The number of hydrogen-bond acceptors (Lipinski definition) is 4. The number of carbonyl (C=O) groups excluding carboxylic acids is 1. The average Bonchev–Trinajstić information content (AvgIpc) is 2.26. The second-order valence-electron chi connectivity index (χ2n) is 2.69. The Hall–Kier alpha value is -1.55. The van der Waals surface area contributed by atoms with Crippen molar-refractivity contribution >= 4 is 22.7 Å². The van der Waals surface area contributed by atoms with E-state index in [1.54, 1.807) is 31.4 Å². The van der Waals surface area contributed by atoms with Gasteiger partial charge in [0.1, 0.15) is 5.75 Å². The maximum absolute atomic E-state index is 10.5. The lowest BCUT2D eigenvalue weighted by molar-refractivity contribution is -0.140. The summed E-state index contributed by atoms with van der Waals surface area (Å²) in [5, 5.41) is 3.56. The molecule has 5 heteroatoms. The van der Waals surface area contributed by atoms with Crippen LogP contribution in [0.25, 0.3) is 0 Å². The maximum Gasteiger partial charge on any atom is 0.332 e. The molecule has 0 radical (unpaired) electrons. The molecule has 0 aliphatic carbocycles. The number of oxime groups is 1. The molecule has 0 saturated heterocycles. The van der Waals surface area contributed by atoms with Crippen LogP contribution >= 0.6 is 11.6 Å². The average molecular weight is 228 g/mol. The van der Waals surface area contributed by atoms with Crippen molar-refractivity contribution in [2.24, 2.45) is 5.16 Å². The first-order valence-corrected chi connectivity index (χ1v) is 4.57. The molecule has 0 aliphatic heterocycles. The van der Waals surface area contributed by atoms with Crippen molar-refractivity contribution in [2.75, 3.05) is 7.11 Å². The van der Waals surface area contributed by atoms with Gasteiger partial charge in [0.15, 0.2) is 5.17 Å². The third-order valence-electron chi connectivity index (χ3n) is 1.58. The maximum atomic E-state index is 10.5. The predicted octanol–water partition coefficient (Wildman–Crippen LogP) is 2.16. The molecule has 0 fully saturated rings. The Morgan fingerprint density at radius 1 is 1.33 bits per heavy atom. The molecule has 0 amide bonds. The van der Waals surface area contributed by atoms with Crippen LogP contribution in [0.5, 0.6) is 5.75 Å². The van der Waals surface area contributed by atoms with Crippen LogP contribution in [0.2, 0.25) is 0 Å². The largest absolute Gasteiger partial charge is 0.497 e. The summed E-state index contributed by atoms with van der Waals surface area (Å²) >= 11 is 5.78. The van der Waals surface area contributed by atoms with Crippen molar-refractivity contribution in [3.8, 4) is 5.75 Å². The minimum atomic E-state index is -0.512. The van der Waals surface area contributed by atoms with E-state index < -0.39 is 5.97 Å². The number of rotatable bonds is 3. The molecule has 0 saturated carbocycles. The summed E-state index contributed by atoms with van der Waals surface area (Å²) in [5.74, 6) is 0.206. The van der Waals surface area contributed by atoms with E-state index in [0.717, 1.165) is 5.75 Å². The Balaban J connectivity index is 2.77. The molecule has 0 spiro atoms. The minimum Gasteiger partial charge on any atom is -0.497 e.